The van der Waals surface area contributed by atoms with Crippen molar-refractivity contribution in [3.05, 3.63) is 35.2 Å². The van der Waals surface area contributed by atoms with Crippen LogP contribution < -0.4 is 14.8 Å². The number of anilines is 2. The van der Waals surface area contributed by atoms with E-state index in [-0.39, 0.29) is 12.1 Å². The van der Waals surface area contributed by atoms with Gasteiger partial charge in [0.1, 0.15) is 5.82 Å². The highest BCUT2D eigenvalue weighted by Gasteiger charge is 2.13. The molecule has 3 rings (SSSR count). The van der Waals surface area contributed by atoms with Crippen LogP contribution in [-0.4, -0.2) is 16.8 Å². The quantitative estimate of drug-likeness (QED) is 0.845. The predicted molar refractivity (Wildman–Crippen MR) is 67.6 cm³/mol. The monoisotopic (exact) mass is 263 g/mol. The lowest BCUT2D eigenvalue weighted by Crippen LogP contribution is -1.98. The van der Waals surface area contributed by atoms with Gasteiger partial charge in [-0.15, -0.1) is 0 Å². The summed E-state index contributed by atoms with van der Waals surface area (Å²) in [6, 6.07) is 5.60. The van der Waals surface area contributed by atoms with Gasteiger partial charge in [0.2, 0.25) is 12.1 Å². The SMILES string of the molecule is Cc1cnc(Cl)nc1Nc1ccc2c(c1)OCO2. The van der Waals surface area contributed by atoms with Crippen LogP contribution in [0.3, 0.4) is 0 Å². The molecule has 0 amide bonds. The molecule has 5 nitrogen and oxygen atoms in total. The van der Waals surface area contributed by atoms with Crippen LogP contribution in [0.15, 0.2) is 24.4 Å². The molecule has 0 saturated carbocycles. The summed E-state index contributed by atoms with van der Waals surface area (Å²) in [7, 11) is 0. The maximum atomic E-state index is 5.77. The van der Waals surface area contributed by atoms with E-state index in [0.29, 0.717) is 5.82 Å². The molecule has 0 unspecified atom stereocenters. The van der Waals surface area contributed by atoms with Gasteiger partial charge in [-0.05, 0) is 30.7 Å². The first-order valence-corrected chi connectivity index (χ1v) is 5.76. The van der Waals surface area contributed by atoms with Crippen molar-refractivity contribution in [2.75, 3.05) is 12.1 Å². The number of nitrogens with one attached hydrogen (secondary N) is 1. The number of fused-ring (bicyclic) bond motifs is 1. The fourth-order valence-corrected chi connectivity index (χ4v) is 1.79. The highest BCUT2D eigenvalue weighted by atomic mass is 35.5. The molecule has 1 aliphatic heterocycles. The third-order valence-corrected chi connectivity index (χ3v) is 2.76. The van der Waals surface area contributed by atoms with E-state index in [4.69, 9.17) is 21.1 Å². The maximum Gasteiger partial charge on any atom is 0.231 e. The molecule has 18 heavy (non-hydrogen) atoms. The number of nitrogens with zero attached hydrogens (tertiary/aromatic N) is 2. The highest BCUT2D eigenvalue weighted by molar-refractivity contribution is 6.28. The Morgan fingerprint density at radius 1 is 1.28 bits per heavy atom. The Morgan fingerprint density at radius 2 is 2.11 bits per heavy atom. The van der Waals surface area contributed by atoms with Crippen LogP contribution in [0, 0.1) is 6.92 Å². The van der Waals surface area contributed by atoms with Crippen LogP contribution in [0.2, 0.25) is 5.28 Å². The molecule has 1 aromatic heterocycles. The summed E-state index contributed by atoms with van der Waals surface area (Å²) in [4.78, 5) is 8.04. The van der Waals surface area contributed by atoms with E-state index in [1.807, 2.05) is 25.1 Å². The minimum Gasteiger partial charge on any atom is -0.454 e. The second-order valence-corrected chi connectivity index (χ2v) is 4.20. The average Bonchev–Trinajstić information content (AvgIpc) is 2.81. The van der Waals surface area contributed by atoms with Gasteiger partial charge in [-0.1, -0.05) is 0 Å². The average molecular weight is 264 g/mol. The van der Waals surface area contributed by atoms with Crippen molar-refractivity contribution >= 4 is 23.1 Å². The Morgan fingerprint density at radius 3 is 3.00 bits per heavy atom. The van der Waals surface area contributed by atoms with E-state index in [9.17, 15) is 0 Å². The van der Waals surface area contributed by atoms with Crippen molar-refractivity contribution < 1.29 is 9.47 Å². The van der Waals surface area contributed by atoms with Crippen LogP contribution >= 0.6 is 11.6 Å². The molecule has 0 bridgehead atoms. The molecule has 0 saturated heterocycles. The van der Waals surface area contributed by atoms with Crippen LogP contribution in [0.1, 0.15) is 5.56 Å². The van der Waals surface area contributed by atoms with Gasteiger partial charge < -0.3 is 14.8 Å². The number of rotatable bonds is 2. The lowest BCUT2D eigenvalue weighted by atomic mass is 10.2. The summed E-state index contributed by atoms with van der Waals surface area (Å²) < 4.78 is 10.6. The third kappa shape index (κ3) is 2.04. The van der Waals surface area contributed by atoms with Crippen molar-refractivity contribution in [1.82, 2.24) is 9.97 Å². The Bertz CT molecular complexity index is 604. The van der Waals surface area contributed by atoms with Crippen molar-refractivity contribution in [1.29, 1.82) is 0 Å². The van der Waals surface area contributed by atoms with Gasteiger partial charge in [0.15, 0.2) is 11.5 Å². The van der Waals surface area contributed by atoms with Gasteiger partial charge in [-0.3, -0.25) is 0 Å². The molecular weight excluding hydrogens is 254 g/mol. The number of aryl methyl sites for hydroxylation is 1. The van der Waals surface area contributed by atoms with E-state index < -0.39 is 0 Å². The summed E-state index contributed by atoms with van der Waals surface area (Å²) in [5.41, 5.74) is 1.77. The molecule has 0 spiro atoms. The van der Waals surface area contributed by atoms with Crippen LogP contribution in [0.4, 0.5) is 11.5 Å². The zero-order valence-electron chi connectivity index (χ0n) is 9.61. The summed E-state index contributed by atoms with van der Waals surface area (Å²) in [6.45, 7) is 2.17. The summed E-state index contributed by atoms with van der Waals surface area (Å²) in [6.07, 6.45) is 1.67. The number of aromatic nitrogens is 2. The minimum atomic E-state index is 0.212. The summed E-state index contributed by atoms with van der Waals surface area (Å²) in [5.74, 6) is 2.14. The summed E-state index contributed by atoms with van der Waals surface area (Å²) >= 11 is 5.77. The molecule has 1 aliphatic rings. The smallest absolute Gasteiger partial charge is 0.231 e. The number of halogens is 1. The first-order valence-electron chi connectivity index (χ1n) is 5.38. The van der Waals surface area contributed by atoms with Crippen molar-refractivity contribution in [2.45, 2.75) is 6.92 Å². The van der Waals surface area contributed by atoms with Gasteiger partial charge in [0.25, 0.3) is 0 Å². The largest absolute Gasteiger partial charge is 0.454 e. The Kier molecular flexibility index (Phi) is 2.68. The minimum absolute atomic E-state index is 0.212. The van der Waals surface area contributed by atoms with Crippen molar-refractivity contribution in [3.63, 3.8) is 0 Å². The third-order valence-electron chi connectivity index (χ3n) is 2.58. The highest BCUT2D eigenvalue weighted by Crippen LogP contribution is 2.35. The number of benzene rings is 1. The normalized spacial score (nSPS) is 12.6. The second-order valence-electron chi connectivity index (χ2n) is 3.86. The first-order chi connectivity index (χ1) is 8.72. The molecule has 2 heterocycles. The van der Waals surface area contributed by atoms with Gasteiger partial charge in [-0.2, -0.15) is 0 Å². The fourth-order valence-electron chi connectivity index (χ4n) is 1.66. The molecule has 1 aromatic carbocycles. The molecule has 2 aromatic rings. The van der Waals surface area contributed by atoms with E-state index in [1.54, 1.807) is 6.20 Å². The van der Waals surface area contributed by atoms with Gasteiger partial charge in [0.05, 0.1) is 0 Å². The van der Waals surface area contributed by atoms with Gasteiger partial charge in [0, 0.05) is 23.5 Å². The maximum absolute atomic E-state index is 5.77. The lowest BCUT2D eigenvalue weighted by Gasteiger charge is -2.08. The number of hydrogen-bond donors (Lipinski definition) is 1. The van der Waals surface area contributed by atoms with E-state index in [2.05, 4.69) is 15.3 Å². The molecule has 1 N–H and O–H groups in total. The molecule has 0 radical (unpaired) electrons. The Hall–Kier alpha value is -2.01. The molecule has 92 valence electrons. The molecule has 0 atom stereocenters. The Labute approximate surface area is 109 Å². The zero-order valence-corrected chi connectivity index (χ0v) is 10.4. The fraction of sp³-hybridized carbons (Fsp3) is 0.167. The standard InChI is InChI=1S/C12H10ClN3O2/c1-7-5-14-12(13)16-11(7)15-8-2-3-9-10(4-8)18-6-17-9/h2-5H,6H2,1H3,(H,14,15,16). The number of hydrogen-bond acceptors (Lipinski definition) is 5. The van der Waals surface area contributed by atoms with E-state index in [1.165, 1.54) is 0 Å². The van der Waals surface area contributed by atoms with Gasteiger partial charge in [-0.25, -0.2) is 9.97 Å². The van der Waals surface area contributed by atoms with Gasteiger partial charge >= 0.3 is 0 Å². The predicted octanol–water partition coefficient (Wildman–Crippen LogP) is 2.91. The van der Waals surface area contributed by atoms with E-state index in [0.717, 1.165) is 22.7 Å². The van der Waals surface area contributed by atoms with Crippen molar-refractivity contribution in [3.8, 4) is 11.5 Å². The van der Waals surface area contributed by atoms with E-state index >= 15 is 0 Å². The first kappa shape index (κ1) is 11.1. The van der Waals surface area contributed by atoms with Crippen LogP contribution in [-0.2, 0) is 0 Å². The molecular formula is C12H10ClN3O2. The second kappa shape index (κ2) is 4.34. The van der Waals surface area contributed by atoms with Crippen LogP contribution in [0.5, 0.6) is 11.5 Å². The molecule has 6 heteroatoms. The molecule has 0 fully saturated rings. The zero-order chi connectivity index (χ0) is 12.5. The molecule has 0 aliphatic carbocycles. The lowest BCUT2D eigenvalue weighted by molar-refractivity contribution is 0.174. The Balaban J connectivity index is 1.90. The van der Waals surface area contributed by atoms with Crippen molar-refractivity contribution in [2.24, 2.45) is 0 Å². The topological polar surface area (TPSA) is 56.3 Å². The summed E-state index contributed by atoms with van der Waals surface area (Å²) in [5, 5.41) is 3.38. The van der Waals surface area contributed by atoms with Crippen LogP contribution in [0.25, 0.3) is 0 Å². The number of ether oxygens (including phenoxy) is 2.